The Morgan fingerprint density at radius 2 is 1.67 bits per heavy atom. The maximum Gasteiger partial charge on any atom is 0.328 e. The molecule has 1 heterocycles. The summed E-state index contributed by atoms with van der Waals surface area (Å²) in [5, 5.41) is 6.85. The van der Waals surface area contributed by atoms with Crippen molar-refractivity contribution in [1.29, 1.82) is 5.53 Å². The van der Waals surface area contributed by atoms with Crippen molar-refractivity contribution in [3.63, 3.8) is 0 Å². The van der Waals surface area contributed by atoms with Crippen LogP contribution >= 0.6 is 0 Å². The molecule has 3 N–H and O–H groups in total. The maximum atomic E-state index is 11.8. The predicted octanol–water partition coefficient (Wildman–Crippen LogP) is 3.61. The van der Waals surface area contributed by atoms with Gasteiger partial charge in [-0.15, -0.1) is 0 Å². The molecule has 0 bridgehead atoms. The monoisotopic (exact) mass is 403 g/mol. The summed E-state index contributed by atoms with van der Waals surface area (Å²) < 4.78 is 1.47. The number of aromatic amines is 1. The van der Waals surface area contributed by atoms with Gasteiger partial charge in [-0.3, -0.25) is 9.78 Å². The molecule has 7 nitrogen and oxygen atoms in total. The molecule has 0 saturated heterocycles. The standard InChI is InChI=1S/C23H25N5O2/c24-26-16-20(12-7-14-28-15-13-22(29)27-23(28)30)25-17-21(18-8-3-1-4-9-18)19-10-5-2-6-11-19/h1-6,8-11,13,15-16,21,24-25H,7,12,14,17H2,(H,27,29,30)/b20-16-,26-24?. The van der Waals surface area contributed by atoms with Gasteiger partial charge in [0.15, 0.2) is 0 Å². The van der Waals surface area contributed by atoms with Gasteiger partial charge in [-0.25, -0.2) is 10.3 Å². The second-order valence-electron chi connectivity index (χ2n) is 6.95. The third-order valence-electron chi connectivity index (χ3n) is 4.90. The fraction of sp³-hybridized carbons (Fsp3) is 0.217. The van der Waals surface area contributed by atoms with Crippen molar-refractivity contribution >= 4 is 0 Å². The molecule has 0 aliphatic heterocycles. The van der Waals surface area contributed by atoms with Gasteiger partial charge in [-0.05, 0) is 24.0 Å². The summed E-state index contributed by atoms with van der Waals surface area (Å²) in [6.45, 7) is 1.13. The van der Waals surface area contributed by atoms with E-state index in [9.17, 15) is 9.59 Å². The average Bonchev–Trinajstić information content (AvgIpc) is 2.77. The van der Waals surface area contributed by atoms with Crippen molar-refractivity contribution in [2.24, 2.45) is 5.11 Å². The van der Waals surface area contributed by atoms with Gasteiger partial charge in [0, 0.05) is 37.0 Å². The van der Waals surface area contributed by atoms with Crippen molar-refractivity contribution < 1.29 is 0 Å². The van der Waals surface area contributed by atoms with E-state index in [0.717, 1.165) is 5.70 Å². The highest BCUT2D eigenvalue weighted by Crippen LogP contribution is 2.24. The van der Waals surface area contributed by atoms with E-state index in [1.54, 1.807) is 0 Å². The van der Waals surface area contributed by atoms with Gasteiger partial charge in [0.2, 0.25) is 0 Å². The van der Waals surface area contributed by atoms with Crippen LogP contribution in [0.1, 0.15) is 29.9 Å². The molecule has 0 atom stereocenters. The summed E-state index contributed by atoms with van der Waals surface area (Å²) >= 11 is 0. The second-order valence-corrected chi connectivity index (χ2v) is 6.95. The van der Waals surface area contributed by atoms with Crippen LogP contribution in [-0.4, -0.2) is 16.1 Å². The number of nitrogens with zero attached hydrogens (tertiary/aromatic N) is 2. The quantitative estimate of drug-likeness (QED) is 0.451. The number of hydrogen-bond donors (Lipinski definition) is 3. The summed E-state index contributed by atoms with van der Waals surface area (Å²) in [5.74, 6) is 0.156. The third kappa shape index (κ3) is 5.88. The van der Waals surface area contributed by atoms with Gasteiger partial charge in [0.25, 0.3) is 5.56 Å². The lowest BCUT2D eigenvalue weighted by Gasteiger charge is -2.20. The van der Waals surface area contributed by atoms with E-state index in [1.165, 1.54) is 34.2 Å². The van der Waals surface area contributed by atoms with Crippen molar-refractivity contribution in [1.82, 2.24) is 14.9 Å². The normalized spacial score (nSPS) is 11.4. The topological polar surface area (TPSA) is 103 Å². The molecule has 0 aliphatic carbocycles. The lowest BCUT2D eigenvalue weighted by molar-refractivity contribution is 0.581. The van der Waals surface area contributed by atoms with Gasteiger partial charge in [-0.1, -0.05) is 60.7 Å². The first kappa shape index (κ1) is 21.0. The third-order valence-corrected chi connectivity index (χ3v) is 4.90. The summed E-state index contributed by atoms with van der Waals surface area (Å²) in [5.41, 5.74) is 9.64. The van der Waals surface area contributed by atoms with Crippen molar-refractivity contribution in [3.8, 4) is 0 Å². The average molecular weight is 403 g/mol. The van der Waals surface area contributed by atoms with Gasteiger partial charge >= 0.3 is 5.69 Å². The first-order valence-corrected chi connectivity index (χ1v) is 9.86. The number of aryl methyl sites for hydroxylation is 1. The molecule has 0 spiro atoms. The Balaban J connectivity index is 1.66. The Labute approximate surface area is 174 Å². The zero-order valence-electron chi connectivity index (χ0n) is 16.6. The number of rotatable bonds is 10. The molecule has 154 valence electrons. The molecule has 0 amide bonds. The summed E-state index contributed by atoms with van der Waals surface area (Å²) in [7, 11) is 0. The maximum absolute atomic E-state index is 11.8. The molecule has 3 rings (SSSR count). The molecule has 0 saturated carbocycles. The SMILES string of the molecule is N=N/C=C(/CCCn1ccc(=O)[nH]c1=O)NCC(c1ccccc1)c1ccccc1. The van der Waals surface area contributed by atoms with Crippen LogP contribution in [0.15, 0.2) is 99.5 Å². The van der Waals surface area contributed by atoms with E-state index in [-0.39, 0.29) is 5.92 Å². The zero-order chi connectivity index (χ0) is 21.2. The highest BCUT2D eigenvalue weighted by atomic mass is 16.2. The predicted molar refractivity (Wildman–Crippen MR) is 117 cm³/mol. The molecular weight excluding hydrogens is 378 g/mol. The minimum atomic E-state index is -0.417. The molecule has 3 aromatic rings. The molecule has 0 fully saturated rings. The molecular formula is C23H25N5O2. The molecule has 2 aromatic carbocycles. The molecule has 0 aliphatic rings. The van der Waals surface area contributed by atoms with E-state index in [0.29, 0.717) is 25.9 Å². The number of nitrogens with one attached hydrogen (secondary N) is 3. The van der Waals surface area contributed by atoms with Gasteiger partial charge in [0.1, 0.15) is 0 Å². The number of hydrogen-bond acceptors (Lipinski definition) is 5. The summed E-state index contributed by atoms with van der Waals surface area (Å²) in [6, 6.07) is 21.9. The first-order valence-electron chi connectivity index (χ1n) is 9.86. The summed E-state index contributed by atoms with van der Waals surface area (Å²) in [6.07, 6.45) is 4.29. The number of aromatic nitrogens is 2. The number of allylic oxidation sites excluding steroid dienone is 1. The Bertz CT molecular complexity index is 1050. The van der Waals surface area contributed by atoms with Crippen molar-refractivity contribution in [2.75, 3.05) is 6.54 Å². The van der Waals surface area contributed by atoms with E-state index >= 15 is 0 Å². The van der Waals surface area contributed by atoms with Crippen LogP contribution in [0.25, 0.3) is 0 Å². The smallest absolute Gasteiger partial charge is 0.328 e. The van der Waals surface area contributed by atoms with E-state index < -0.39 is 11.2 Å². The fourth-order valence-electron chi connectivity index (χ4n) is 3.37. The molecule has 30 heavy (non-hydrogen) atoms. The summed E-state index contributed by atoms with van der Waals surface area (Å²) in [4.78, 5) is 25.2. The number of H-pyrrole nitrogens is 1. The Kier molecular flexibility index (Phi) is 7.49. The number of benzene rings is 2. The van der Waals surface area contributed by atoms with E-state index in [2.05, 4.69) is 39.7 Å². The molecule has 0 radical (unpaired) electrons. The van der Waals surface area contributed by atoms with Gasteiger partial charge in [0.05, 0.1) is 6.20 Å². The highest BCUT2D eigenvalue weighted by Gasteiger charge is 2.14. The van der Waals surface area contributed by atoms with Crippen LogP contribution in [0.3, 0.4) is 0 Å². The highest BCUT2D eigenvalue weighted by molar-refractivity contribution is 5.33. The van der Waals surface area contributed by atoms with Crippen LogP contribution in [0.2, 0.25) is 0 Å². The van der Waals surface area contributed by atoms with Gasteiger partial charge in [-0.2, -0.15) is 5.11 Å². The van der Waals surface area contributed by atoms with E-state index in [4.69, 9.17) is 5.53 Å². The van der Waals surface area contributed by atoms with Crippen LogP contribution in [0.4, 0.5) is 0 Å². The fourth-order valence-corrected chi connectivity index (χ4v) is 3.37. The Morgan fingerprint density at radius 1 is 1.03 bits per heavy atom. The first-order chi connectivity index (χ1) is 14.7. The minimum Gasteiger partial charge on any atom is -0.386 e. The lowest BCUT2D eigenvalue weighted by atomic mass is 9.91. The largest absolute Gasteiger partial charge is 0.386 e. The van der Waals surface area contributed by atoms with Crippen LogP contribution in [0, 0.1) is 5.53 Å². The van der Waals surface area contributed by atoms with Crippen molar-refractivity contribution in [3.05, 3.63) is 117 Å². The zero-order valence-corrected chi connectivity index (χ0v) is 16.6. The van der Waals surface area contributed by atoms with Crippen LogP contribution in [-0.2, 0) is 6.54 Å². The molecule has 0 unspecified atom stereocenters. The minimum absolute atomic E-state index is 0.156. The molecule has 1 aromatic heterocycles. The van der Waals surface area contributed by atoms with Crippen LogP contribution in [0.5, 0.6) is 0 Å². The van der Waals surface area contributed by atoms with Crippen molar-refractivity contribution in [2.45, 2.75) is 25.3 Å². The lowest BCUT2D eigenvalue weighted by Crippen LogP contribution is -2.29. The Morgan fingerprint density at radius 3 is 2.23 bits per heavy atom. The Hall–Kier alpha value is -3.74. The molecule has 7 heteroatoms. The second kappa shape index (κ2) is 10.7. The van der Waals surface area contributed by atoms with Crippen LogP contribution < -0.4 is 16.6 Å². The van der Waals surface area contributed by atoms with E-state index in [1.807, 2.05) is 36.4 Å². The van der Waals surface area contributed by atoms with Gasteiger partial charge < -0.3 is 9.88 Å².